The molecule has 0 N–H and O–H groups in total. The van der Waals surface area contributed by atoms with Crippen molar-refractivity contribution >= 4 is 33.7 Å². The lowest BCUT2D eigenvalue weighted by Crippen LogP contribution is -2.74. The van der Waals surface area contributed by atoms with Crippen molar-refractivity contribution < 1.29 is 0 Å². The third-order valence-corrected chi connectivity index (χ3v) is 6.75. The Bertz CT molecular complexity index is 1120. The van der Waals surface area contributed by atoms with E-state index in [1.54, 1.807) is 0 Å². The van der Waals surface area contributed by atoms with Gasteiger partial charge in [0, 0.05) is 19.8 Å². The van der Waals surface area contributed by atoms with Gasteiger partial charge in [0.05, 0.1) is 0 Å². The Morgan fingerprint density at radius 1 is 0.400 bits per heavy atom. The number of rotatable bonds is 5. The zero-order valence-corrected chi connectivity index (χ0v) is 20.9. The van der Waals surface area contributed by atoms with E-state index in [-0.39, 0.29) is 0 Å². The summed E-state index contributed by atoms with van der Waals surface area (Å²) in [5.74, 6) is 0. The molecule has 0 aliphatic carbocycles. The first kappa shape index (κ1) is 24.1. The van der Waals surface area contributed by atoms with E-state index in [9.17, 15) is 0 Å². The molecule has 0 fully saturated rings. The number of anilines is 1. The monoisotopic (exact) mass is 454 g/mol. The summed E-state index contributed by atoms with van der Waals surface area (Å²) in [6.07, 6.45) is -1.22. The standard InChI is InChI=1S/C24H20B.C9H13N/c1-5-13-21(14-6-1)25(22-15-7-2-8-16-22,23-17-9-3-10-18-23)24-19-11-4-12-20-24;1-8-4-6-9(7-5-8)10(2)3/h1-20H;4-7H,1-3H3/q-1;. The van der Waals surface area contributed by atoms with Crippen molar-refractivity contribution in [2.45, 2.75) is 6.92 Å². The Balaban J connectivity index is 0.000000243. The van der Waals surface area contributed by atoms with Crippen LogP contribution in [0.25, 0.3) is 0 Å². The highest BCUT2D eigenvalue weighted by atomic mass is 15.1. The van der Waals surface area contributed by atoms with Crippen molar-refractivity contribution in [3.05, 3.63) is 151 Å². The molecule has 0 amide bonds. The van der Waals surface area contributed by atoms with Crippen molar-refractivity contribution in [3.8, 4) is 0 Å². The van der Waals surface area contributed by atoms with Crippen molar-refractivity contribution in [2.75, 3.05) is 19.0 Å². The maximum atomic E-state index is 2.26. The van der Waals surface area contributed by atoms with Gasteiger partial charge >= 0.3 is 0 Å². The number of benzene rings is 5. The van der Waals surface area contributed by atoms with Crippen LogP contribution in [0.5, 0.6) is 0 Å². The smallest absolute Gasteiger partial charge is 0.108 e. The second-order valence-corrected chi connectivity index (χ2v) is 9.24. The van der Waals surface area contributed by atoms with Crippen LogP contribution in [0.3, 0.4) is 0 Å². The molecule has 0 radical (unpaired) electrons. The Morgan fingerprint density at radius 2 is 0.686 bits per heavy atom. The number of hydrogen-bond acceptors (Lipinski definition) is 1. The first-order valence-electron chi connectivity index (χ1n) is 12.2. The van der Waals surface area contributed by atoms with Crippen LogP contribution in [0, 0.1) is 6.92 Å². The fraction of sp³-hybridized carbons (Fsp3) is 0.0909. The van der Waals surface area contributed by atoms with Crippen molar-refractivity contribution in [1.29, 1.82) is 0 Å². The fourth-order valence-corrected chi connectivity index (χ4v) is 4.96. The molecule has 0 aliphatic rings. The molecule has 5 aromatic rings. The summed E-state index contributed by atoms with van der Waals surface area (Å²) >= 11 is 0. The number of nitrogens with zero attached hydrogens (tertiary/aromatic N) is 1. The Morgan fingerprint density at radius 3 is 0.943 bits per heavy atom. The molecule has 2 heteroatoms. The Kier molecular flexibility index (Phi) is 7.85. The molecule has 0 aromatic heterocycles. The third kappa shape index (κ3) is 5.39. The average Bonchev–Trinajstić information content (AvgIpc) is 2.92. The van der Waals surface area contributed by atoms with Crippen LogP contribution in [0.15, 0.2) is 146 Å². The molecule has 174 valence electrons. The quantitative estimate of drug-likeness (QED) is 0.333. The predicted molar refractivity (Wildman–Crippen MR) is 156 cm³/mol. The highest BCUT2D eigenvalue weighted by Crippen LogP contribution is 2.11. The van der Waals surface area contributed by atoms with Gasteiger partial charge in [-0.05, 0) is 19.1 Å². The topological polar surface area (TPSA) is 3.24 Å². The largest absolute Gasteiger partial charge is 0.378 e. The molecule has 0 aliphatic heterocycles. The summed E-state index contributed by atoms with van der Waals surface area (Å²) in [5, 5.41) is 0. The van der Waals surface area contributed by atoms with Crippen molar-refractivity contribution in [2.24, 2.45) is 0 Å². The molecule has 5 rings (SSSR count). The summed E-state index contributed by atoms with van der Waals surface area (Å²) in [6, 6.07) is 52.0. The van der Waals surface area contributed by atoms with Gasteiger partial charge in [0.1, 0.15) is 6.15 Å². The van der Waals surface area contributed by atoms with Crippen molar-refractivity contribution in [3.63, 3.8) is 0 Å². The van der Waals surface area contributed by atoms with Gasteiger partial charge in [-0.2, -0.15) is 21.9 Å². The lowest BCUT2D eigenvalue weighted by Gasteiger charge is -2.44. The van der Waals surface area contributed by atoms with Gasteiger partial charge in [-0.1, -0.05) is 139 Å². The van der Waals surface area contributed by atoms with Gasteiger partial charge in [0.25, 0.3) is 0 Å². The van der Waals surface area contributed by atoms with Crippen LogP contribution in [-0.2, 0) is 0 Å². The zero-order chi connectivity index (χ0) is 24.5. The first-order chi connectivity index (χ1) is 17.1. The number of aryl methyl sites for hydroxylation is 1. The molecule has 35 heavy (non-hydrogen) atoms. The van der Waals surface area contributed by atoms with Gasteiger partial charge in [-0.3, -0.25) is 0 Å². The summed E-state index contributed by atoms with van der Waals surface area (Å²) in [7, 11) is 4.09. The van der Waals surface area contributed by atoms with Crippen LogP contribution >= 0.6 is 0 Å². The molecular formula is C33H33BN-. The lowest BCUT2D eigenvalue weighted by atomic mass is 9.13. The molecule has 0 saturated carbocycles. The Labute approximate surface area is 210 Å². The van der Waals surface area contributed by atoms with E-state index in [4.69, 9.17) is 0 Å². The van der Waals surface area contributed by atoms with Gasteiger partial charge in [0.15, 0.2) is 0 Å². The van der Waals surface area contributed by atoms with E-state index in [0.29, 0.717) is 0 Å². The van der Waals surface area contributed by atoms with Gasteiger partial charge in [-0.25, -0.2) is 0 Å². The average molecular weight is 454 g/mol. The molecule has 0 saturated heterocycles. The molecule has 0 bridgehead atoms. The summed E-state index contributed by atoms with van der Waals surface area (Å²) < 4.78 is 0. The van der Waals surface area contributed by atoms with E-state index in [1.807, 2.05) is 14.1 Å². The van der Waals surface area contributed by atoms with E-state index in [0.717, 1.165) is 0 Å². The molecule has 0 atom stereocenters. The van der Waals surface area contributed by atoms with Crippen LogP contribution in [0.4, 0.5) is 5.69 Å². The van der Waals surface area contributed by atoms with E-state index < -0.39 is 6.15 Å². The second-order valence-electron chi connectivity index (χ2n) is 9.24. The van der Waals surface area contributed by atoms with Crippen LogP contribution in [0.2, 0.25) is 0 Å². The Hall–Kier alpha value is -4.04. The van der Waals surface area contributed by atoms with E-state index in [2.05, 4.69) is 157 Å². The maximum Gasteiger partial charge on any atom is 0.108 e. The molecular weight excluding hydrogens is 421 g/mol. The number of hydrogen-bond donors (Lipinski definition) is 0. The van der Waals surface area contributed by atoms with Crippen LogP contribution in [-0.4, -0.2) is 20.2 Å². The minimum absolute atomic E-state index is 1.22. The normalized spacial score (nSPS) is 10.7. The van der Waals surface area contributed by atoms with Gasteiger partial charge < -0.3 is 4.90 Å². The summed E-state index contributed by atoms with van der Waals surface area (Å²) in [4.78, 5) is 2.10. The molecule has 0 heterocycles. The third-order valence-electron chi connectivity index (χ3n) is 6.75. The highest BCUT2D eigenvalue weighted by Gasteiger charge is 2.30. The fourth-order valence-electron chi connectivity index (χ4n) is 4.96. The van der Waals surface area contributed by atoms with Crippen LogP contribution < -0.4 is 26.8 Å². The van der Waals surface area contributed by atoms with E-state index >= 15 is 0 Å². The minimum atomic E-state index is -1.22. The second kappa shape index (κ2) is 11.4. The maximum absolute atomic E-state index is 2.26. The minimum Gasteiger partial charge on any atom is -0.378 e. The van der Waals surface area contributed by atoms with Crippen molar-refractivity contribution in [1.82, 2.24) is 0 Å². The lowest BCUT2D eigenvalue weighted by molar-refractivity contribution is 1.13. The first-order valence-corrected chi connectivity index (χ1v) is 12.2. The van der Waals surface area contributed by atoms with Crippen LogP contribution in [0.1, 0.15) is 5.56 Å². The summed E-state index contributed by atoms with van der Waals surface area (Å²) in [5.41, 5.74) is 7.92. The van der Waals surface area contributed by atoms with E-state index in [1.165, 1.54) is 33.1 Å². The molecule has 5 aromatic carbocycles. The highest BCUT2D eigenvalue weighted by molar-refractivity contribution is 7.19. The zero-order valence-electron chi connectivity index (χ0n) is 20.9. The van der Waals surface area contributed by atoms with Gasteiger partial charge in [-0.15, -0.1) is 0 Å². The molecule has 0 unspecified atom stereocenters. The predicted octanol–water partition coefficient (Wildman–Crippen LogP) is 5.13. The molecule has 0 spiro atoms. The summed E-state index contributed by atoms with van der Waals surface area (Å²) in [6.45, 7) is 2.10. The SMILES string of the molecule is Cc1ccc(N(C)C)cc1.c1ccc([B-](c2ccccc2)(c2ccccc2)c2ccccc2)cc1. The van der Waals surface area contributed by atoms with Gasteiger partial charge in [0.2, 0.25) is 0 Å². The molecule has 1 nitrogen and oxygen atoms in total.